The van der Waals surface area contributed by atoms with E-state index in [2.05, 4.69) is 10.0 Å². The highest BCUT2D eigenvalue weighted by atomic mass is 16.4. The lowest BCUT2D eigenvalue weighted by Crippen LogP contribution is -2.20. The maximum atomic E-state index is 10.7. The molecular formula is C9H10N3O2+. The first-order valence-electron chi connectivity index (χ1n) is 4.07. The van der Waals surface area contributed by atoms with Crippen LogP contribution in [-0.4, -0.2) is 17.1 Å². The van der Waals surface area contributed by atoms with E-state index in [0.717, 1.165) is 5.56 Å². The zero-order valence-corrected chi connectivity index (χ0v) is 7.42. The van der Waals surface area contributed by atoms with E-state index in [-0.39, 0.29) is 6.42 Å². The molecule has 1 rings (SSSR count). The van der Waals surface area contributed by atoms with E-state index in [9.17, 15) is 4.79 Å². The minimum absolute atomic E-state index is 0.262. The van der Waals surface area contributed by atoms with Gasteiger partial charge in [-0.1, -0.05) is 30.3 Å². The number of rotatable bonds is 4. The number of nitrogens with one attached hydrogen (secondary N) is 1. The quantitative estimate of drug-likeness (QED) is 0.555. The van der Waals surface area contributed by atoms with Gasteiger partial charge in [0.15, 0.2) is 0 Å². The Morgan fingerprint density at radius 3 is 2.64 bits per heavy atom. The molecule has 0 aliphatic carbocycles. The summed E-state index contributed by atoms with van der Waals surface area (Å²) in [6.07, 6.45) is 0.262. The van der Waals surface area contributed by atoms with Crippen LogP contribution in [0, 0.1) is 5.53 Å². The molecule has 2 N–H and O–H groups in total. The summed E-state index contributed by atoms with van der Waals surface area (Å²) in [5.74, 6) is -1.06. The number of carboxylic acid groups (broad SMARTS) is 1. The van der Waals surface area contributed by atoms with Crippen LogP contribution in [0.15, 0.2) is 35.4 Å². The Balaban J connectivity index is 2.75. The Kier molecular flexibility index (Phi) is 3.52. The van der Waals surface area contributed by atoms with E-state index >= 15 is 0 Å². The van der Waals surface area contributed by atoms with Gasteiger partial charge in [-0.25, -0.2) is 4.79 Å². The molecule has 0 saturated carbocycles. The van der Waals surface area contributed by atoms with Gasteiger partial charge in [0.2, 0.25) is 11.0 Å². The van der Waals surface area contributed by atoms with Crippen molar-refractivity contribution in [2.75, 3.05) is 0 Å². The first-order chi connectivity index (χ1) is 6.74. The first-order valence-corrected chi connectivity index (χ1v) is 4.07. The lowest BCUT2D eigenvalue weighted by Gasteiger charge is -2.00. The van der Waals surface area contributed by atoms with E-state index in [0.29, 0.717) is 0 Å². The second-order valence-corrected chi connectivity index (χ2v) is 2.76. The molecule has 0 heterocycles. The van der Waals surface area contributed by atoms with Crippen LogP contribution in [0.1, 0.15) is 5.56 Å². The summed E-state index contributed by atoms with van der Waals surface area (Å²) in [5.41, 5.74) is 7.36. The van der Waals surface area contributed by atoms with Gasteiger partial charge in [0, 0.05) is 6.42 Å². The molecule has 0 fully saturated rings. The Bertz CT molecular complexity index is 356. The lowest BCUT2D eigenvalue weighted by atomic mass is 10.1. The van der Waals surface area contributed by atoms with Gasteiger partial charge in [-0.3, -0.25) is 0 Å². The minimum atomic E-state index is -1.06. The van der Waals surface area contributed by atoms with E-state index in [1.807, 2.05) is 30.3 Å². The molecule has 5 heteroatoms. The van der Waals surface area contributed by atoms with E-state index in [4.69, 9.17) is 10.6 Å². The summed E-state index contributed by atoms with van der Waals surface area (Å²) in [7, 11) is 0. The molecule has 0 spiro atoms. The van der Waals surface area contributed by atoms with Crippen molar-refractivity contribution in [3.05, 3.63) is 35.9 Å². The second-order valence-electron chi connectivity index (χ2n) is 2.76. The number of aliphatic carboxylic acids is 1. The van der Waals surface area contributed by atoms with Crippen LogP contribution in [0.5, 0.6) is 0 Å². The maximum absolute atomic E-state index is 10.7. The first kappa shape index (κ1) is 10.1. The smallest absolute Gasteiger partial charge is 0.336 e. The van der Waals surface area contributed by atoms with Crippen LogP contribution < -0.4 is 4.91 Å². The van der Waals surface area contributed by atoms with E-state index < -0.39 is 12.0 Å². The van der Waals surface area contributed by atoms with Crippen molar-refractivity contribution >= 4 is 5.97 Å². The third-order valence-corrected chi connectivity index (χ3v) is 1.75. The van der Waals surface area contributed by atoms with E-state index in [1.165, 1.54) is 0 Å². The minimum Gasteiger partial charge on any atom is -0.479 e. The third kappa shape index (κ3) is 2.80. The number of benzene rings is 1. The number of hydrogen-bond donors (Lipinski definition) is 2. The summed E-state index contributed by atoms with van der Waals surface area (Å²) in [4.78, 5) is 13.4. The number of hydrogen-bond acceptors (Lipinski definition) is 3. The summed E-state index contributed by atoms with van der Waals surface area (Å²) in [6.45, 7) is 0. The molecule has 72 valence electrons. The van der Waals surface area contributed by atoms with Gasteiger partial charge in [-0.15, -0.1) is 0 Å². The number of carboxylic acids is 1. The molecule has 5 nitrogen and oxygen atoms in total. The topological polar surface area (TPSA) is 87.6 Å². The molecule has 1 aromatic carbocycles. The predicted molar refractivity (Wildman–Crippen MR) is 48.9 cm³/mol. The monoisotopic (exact) mass is 192 g/mol. The van der Waals surface area contributed by atoms with Gasteiger partial charge < -0.3 is 5.11 Å². The Morgan fingerprint density at radius 2 is 2.14 bits per heavy atom. The molecule has 0 aromatic heterocycles. The molecule has 0 saturated heterocycles. The van der Waals surface area contributed by atoms with Gasteiger partial charge in [0.05, 0.1) is 0 Å². The van der Waals surface area contributed by atoms with Gasteiger partial charge >= 0.3 is 5.97 Å². The summed E-state index contributed by atoms with van der Waals surface area (Å²) in [6, 6.07) is 8.17. The molecule has 14 heavy (non-hydrogen) atoms. The fourth-order valence-electron chi connectivity index (χ4n) is 1.08. The summed E-state index contributed by atoms with van der Waals surface area (Å²) in [5, 5.41) is 12.0. The summed E-state index contributed by atoms with van der Waals surface area (Å²) >= 11 is 0. The van der Waals surface area contributed by atoms with Crippen molar-refractivity contribution in [3.63, 3.8) is 0 Å². The molecule has 1 aromatic rings. The highest BCUT2D eigenvalue weighted by molar-refractivity contribution is 5.73. The van der Waals surface area contributed by atoms with Crippen molar-refractivity contribution in [1.82, 2.24) is 4.91 Å². The van der Waals surface area contributed by atoms with Crippen LogP contribution in [0.2, 0.25) is 0 Å². The zero-order valence-electron chi connectivity index (χ0n) is 7.42. The number of carbonyl (C=O) groups is 1. The fourth-order valence-corrected chi connectivity index (χ4v) is 1.08. The third-order valence-electron chi connectivity index (χ3n) is 1.75. The molecule has 0 unspecified atom stereocenters. The molecular weight excluding hydrogens is 182 g/mol. The van der Waals surface area contributed by atoms with Crippen molar-refractivity contribution < 1.29 is 9.90 Å². The SMILES string of the molecule is N=[N+]=N[C@@H](Cc1ccccc1)C(=O)O. The van der Waals surface area contributed by atoms with Crippen molar-refractivity contribution in [1.29, 1.82) is 5.53 Å². The predicted octanol–water partition coefficient (Wildman–Crippen LogP) is 1.23. The van der Waals surface area contributed by atoms with Gasteiger partial charge in [-0.05, 0) is 5.56 Å². The average molecular weight is 192 g/mol. The standard InChI is InChI=1S/C9H9N3O2/c10-12-11-8(9(13)14)6-7-4-2-1-3-5-7/h1-5,8,10H,6H2/p+1/t8-/m0/s1. The second kappa shape index (κ2) is 4.89. The van der Waals surface area contributed by atoms with Gasteiger partial charge in [0.1, 0.15) is 10.6 Å². The average Bonchev–Trinajstić information content (AvgIpc) is 2.18. The molecule has 0 aliphatic rings. The van der Waals surface area contributed by atoms with Crippen LogP contribution in [0.25, 0.3) is 0 Å². The number of nitrogens with zero attached hydrogens (tertiary/aromatic N) is 2. The Hall–Kier alpha value is -2.00. The Morgan fingerprint density at radius 1 is 1.50 bits per heavy atom. The highest BCUT2D eigenvalue weighted by Crippen LogP contribution is 2.05. The van der Waals surface area contributed by atoms with Crippen molar-refractivity contribution in [2.45, 2.75) is 12.5 Å². The molecule has 0 aliphatic heterocycles. The largest absolute Gasteiger partial charge is 0.479 e. The maximum Gasteiger partial charge on any atom is 0.336 e. The van der Waals surface area contributed by atoms with Crippen LogP contribution in [-0.2, 0) is 11.2 Å². The van der Waals surface area contributed by atoms with Gasteiger partial charge in [0.25, 0.3) is 0 Å². The normalized spacial score (nSPS) is 11.4. The molecule has 1 atom stereocenters. The lowest BCUT2D eigenvalue weighted by molar-refractivity contribution is -0.138. The molecule has 0 bridgehead atoms. The Labute approximate surface area is 80.6 Å². The van der Waals surface area contributed by atoms with E-state index in [1.54, 1.807) is 0 Å². The fraction of sp³-hybridized carbons (Fsp3) is 0.222. The molecule has 0 amide bonds. The summed E-state index contributed by atoms with van der Waals surface area (Å²) < 4.78 is 0. The van der Waals surface area contributed by atoms with Gasteiger partial charge in [-0.2, -0.15) is 0 Å². The van der Waals surface area contributed by atoms with Crippen molar-refractivity contribution in [2.24, 2.45) is 5.11 Å². The van der Waals surface area contributed by atoms with Crippen LogP contribution >= 0.6 is 0 Å². The molecule has 0 radical (unpaired) electrons. The highest BCUT2D eigenvalue weighted by Gasteiger charge is 2.21. The van der Waals surface area contributed by atoms with Crippen LogP contribution in [0.3, 0.4) is 0 Å². The zero-order chi connectivity index (χ0) is 10.4. The van der Waals surface area contributed by atoms with Crippen molar-refractivity contribution in [3.8, 4) is 0 Å². The van der Waals surface area contributed by atoms with Crippen LogP contribution in [0.4, 0.5) is 0 Å².